The van der Waals surface area contributed by atoms with Crippen LogP contribution in [-0.2, 0) is 0 Å². The zero-order valence-corrected chi connectivity index (χ0v) is 16.6. The molecular formula is C20H16F2N6OS. The summed E-state index contributed by atoms with van der Waals surface area (Å²) >= 11 is 1.18. The van der Waals surface area contributed by atoms with Gasteiger partial charge < -0.3 is 10.6 Å². The normalized spacial score (nSPS) is 13.6. The Balaban J connectivity index is 1.44. The van der Waals surface area contributed by atoms with Crippen molar-refractivity contribution in [2.75, 3.05) is 10.6 Å². The van der Waals surface area contributed by atoms with Crippen molar-refractivity contribution in [2.45, 2.75) is 25.8 Å². The Labute approximate surface area is 173 Å². The lowest BCUT2D eigenvalue weighted by atomic mass is 10.1. The molecule has 1 fully saturated rings. The number of carbonyl (C=O) groups is 1. The van der Waals surface area contributed by atoms with E-state index in [0.29, 0.717) is 27.9 Å². The molecule has 1 aromatic carbocycles. The summed E-state index contributed by atoms with van der Waals surface area (Å²) in [6.45, 7) is 1.70. The molecule has 30 heavy (non-hydrogen) atoms. The first-order valence-corrected chi connectivity index (χ1v) is 10.1. The number of aryl methyl sites for hydroxylation is 1. The maximum atomic E-state index is 14.6. The smallest absolute Gasteiger partial charge is 0.259 e. The second-order valence-electron chi connectivity index (χ2n) is 7.18. The summed E-state index contributed by atoms with van der Waals surface area (Å²) in [6, 6.07) is 6.02. The Bertz CT molecular complexity index is 1280. The predicted octanol–water partition coefficient (Wildman–Crippen LogP) is 4.27. The molecule has 1 amide bonds. The van der Waals surface area contributed by atoms with E-state index in [1.165, 1.54) is 52.7 Å². The number of benzene rings is 1. The summed E-state index contributed by atoms with van der Waals surface area (Å²) in [5.41, 5.74) is 1.94. The minimum absolute atomic E-state index is 0.206. The van der Waals surface area contributed by atoms with Crippen molar-refractivity contribution in [1.82, 2.24) is 19.0 Å². The molecule has 10 heteroatoms. The van der Waals surface area contributed by atoms with Crippen LogP contribution in [0.5, 0.6) is 0 Å². The van der Waals surface area contributed by atoms with E-state index in [9.17, 15) is 13.6 Å². The maximum Gasteiger partial charge on any atom is 0.259 e. The van der Waals surface area contributed by atoms with Gasteiger partial charge in [-0.05, 0) is 49.6 Å². The van der Waals surface area contributed by atoms with E-state index in [1.54, 1.807) is 6.92 Å². The number of nitrogens with zero attached hydrogens (tertiary/aromatic N) is 4. The number of nitrogens with one attached hydrogen (secondary N) is 2. The van der Waals surface area contributed by atoms with Crippen molar-refractivity contribution in [3.8, 4) is 11.4 Å². The molecule has 152 valence electrons. The molecule has 2 N–H and O–H groups in total. The number of aromatic nitrogens is 4. The van der Waals surface area contributed by atoms with Crippen LogP contribution in [0.25, 0.3) is 16.9 Å². The van der Waals surface area contributed by atoms with Gasteiger partial charge in [-0.15, -0.1) is 0 Å². The van der Waals surface area contributed by atoms with Gasteiger partial charge in [-0.3, -0.25) is 4.79 Å². The van der Waals surface area contributed by atoms with Crippen LogP contribution >= 0.6 is 11.5 Å². The Kier molecular flexibility index (Phi) is 4.43. The number of halogens is 2. The Morgan fingerprint density at radius 3 is 2.90 bits per heavy atom. The van der Waals surface area contributed by atoms with Gasteiger partial charge in [-0.1, -0.05) is 0 Å². The average molecular weight is 426 g/mol. The molecule has 3 aromatic heterocycles. The van der Waals surface area contributed by atoms with Gasteiger partial charge in [0.25, 0.3) is 5.91 Å². The number of hydrogen-bond acceptors (Lipinski definition) is 6. The average Bonchev–Trinajstić information content (AvgIpc) is 3.23. The Hall–Kier alpha value is -3.40. The van der Waals surface area contributed by atoms with Crippen LogP contribution in [0, 0.1) is 18.6 Å². The van der Waals surface area contributed by atoms with Gasteiger partial charge in [0.1, 0.15) is 11.6 Å². The quantitative estimate of drug-likeness (QED) is 0.498. The van der Waals surface area contributed by atoms with Gasteiger partial charge in [0, 0.05) is 23.3 Å². The summed E-state index contributed by atoms with van der Waals surface area (Å²) in [7, 11) is 0. The minimum Gasteiger partial charge on any atom is -0.358 e. The Morgan fingerprint density at radius 2 is 2.10 bits per heavy atom. The number of rotatable bonds is 5. The number of anilines is 2. The molecule has 0 bridgehead atoms. The SMILES string of the molecule is Cc1cc(F)c(-c2nsc(NC3CC3)n2)cc1NC(=O)c1cnn2cc(F)ccc12. The third-order valence-corrected chi connectivity index (χ3v) is 5.51. The number of fused-ring (bicyclic) bond motifs is 1. The number of carbonyl (C=O) groups excluding carboxylic acids is 1. The molecule has 0 radical (unpaired) electrons. The van der Waals surface area contributed by atoms with E-state index < -0.39 is 17.5 Å². The van der Waals surface area contributed by atoms with Crippen LogP contribution in [0.1, 0.15) is 28.8 Å². The molecule has 0 saturated heterocycles. The van der Waals surface area contributed by atoms with Crippen LogP contribution in [0.3, 0.4) is 0 Å². The van der Waals surface area contributed by atoms with Gasteiger partial charge in [0.15, 0.2) is 5.82 Å². The van der Waals surface area contributed by atoms with Crippen molar-refractivity contribution >= 4 is 33.8 Å². The first-order valence-electron chi connectivity index (χ1n) is 9.33. The van der Waals surface area contributed by atoms with Crippen molar-refractivity contribution in [3.05, 3.63) is 59.4 Å². The summed E-state index contributed by atoms with van der Waals surface area (Å²) in [5.74, 6) is -1.09. The third-order valence-electron chi connectivity index (χ3n) is 4.86. The lowest BCUT2D eigenvalue weighted by molar-refractivity contribution is 0.102. The van der Waals surface area contributed by atoms with Crippen molar-refractivity contribution in [2.24, 2.45) is 0 Å². The minimum atomic E-state index is -0.465. The molecule has 0 atom stereocenters. The van der Waals surface area contributed by atoms with E-state index in [2.05, 4.69) is 25.1 Å². The summed E-state index contributed by atoms with van der Waals surface area (Å²) in [6.07, 6.45) is 4.75. The van der Waals surface area contributed by atoms with Crippen molar-refractivity contribution < 1.29 is 13.6 Å². The number of pyridine rings is 1. The monoisotopic (exact) mass is 426 g/mol. The van der Waals surface area contributed by atoms with E-state index in [1.807, 2.05) is 0 Å². The molecule has 1 aliphatic rings. The van der Waals surface area contributed by atoms with Gasteiger partial charge in [0.05, 0.1) is 29.0 Å². The molecule has 4 aromatic rings. The van der Waals surface area contributed by atoms with Gasteiger partial charge >= 0.3 is 0 Å². The highest BCUT2D eigenvalue weighted by molar-refractivity contribution is 7.09. The highest BCUT2D eigenvalue weighted by Gasteiger charge is 2.23. The lowest BCUT2D eigenvalue weighted by Crippen LogP contribution is -2.13. The molecule has 5 rings (SSSR count). The fraction of sp³-hybridized carbons (Fsp3) is 0.200. The topological polar surface area (TPSA) is 84.2 Å². The van der Waals surface area contributed by atoms with E-state index >= 15 is 0 Å². The summed E-state index contributed by atoms with van der Waals surface area (Å²) in [4.78, 5) is 17.2. The van der Waals surface area contributed by atoms with E-state index in [0.717, 1.165) is 12.8 Å². The zero-order valence-electron chi connectivity index (χ0n) is 15.8. The maximum absolute atomic E-state index is 14.6. The highest BCUT2D eigenvalue weighted by atomic mass is 32.1. The molecule has 0 unspecified atom stereocenters. The standard InChI is InChI=1S/C20H16F2N6OS/c1-10-6-15(22)13(18-26-20(30-27-18)24-12-3-4-12)7-16(10)25-19(29)14-8-23-28-9-11(21)2-5-17(14)28/h2,5-9,12H,3-4H2,1H3,(H,25,29)(H,24,26,27). The van der Waals surface area contributed by atoms with Crippen molar-refractivity contribution in [3.63, 3.8) is 0 Å². The van der Waals surface area contributed by atoms with Crippen LogP contribution in [0.15, 0.2) is 36.7 Å². The summed E-state index contributed by atoms with van der Waals surface area (Å²) < 4.78 is 33.5. The van der Waals surface area contributed by atoms with Gasteiger partial charge in [-0.25, -0.2) is 13.3 Å². The van der Waals surface area contributed by atoms with Crippen LogP contribution < -0.4 is 10.6 Å². The predicted molar refractivity (Wildman–Crippen MR) is 110 cm³/mol. The van der Waals surface area contributed by atoms with E-state index in [4.69, 9.17) is 0 Å². The Morgan fingerprint density at radius 1 is 1.27 bits per heavy atom. The summed E-state index contributed by atoms with van der Waals surface area (Å²) in [5, 5.41) is 10.7. The van der Waals surface area contributed by atoms with Crippen molar-refractivity contribution in [1.29, 1.82) is 0 Å². The van der Waals surface area contributed by atoms with Crippen LogP contribution in [-0.4, -0.2) is 30.9 Å². The molecule has 3 heterocycles. The molecule has 1 saturated carbocycles. The third kappa shape index (κ3) is 3.50. The van der Waals surface area contributed by atoms with Gasteiger partial charge in [0.2, 0.25) is 5.13 Å². The zero-order chi connectivity index (χ0) is 20.8. The van der Waals surface area contributed by atoms with E-state index in [-0.39, 0.29) is 17.0 Å². The molecule has 0 spiro atoms. The molecule has 0 aliphatic heterocycles. The first-order chi connectivity index (χ1) is 14.5. The fourth-order valence-corrected chi connectivity index (χ4v) is 3.75. The number of hydrogen-bond donors (Lipinski definition) is 2. The largest absolute Gasteiger partial charge is 0.358 e. The van der Waals surface area contributed by atoms with Crippen LogP contribution in [0.4, 0.5) is 19.6 Å². The van der Waals surface area contributed by atoms with Crippen LogP contribution in [0.2, 0.25) is 0 Å². The molecule has 7 nitrogen and oxygen atoms in total. The number of amides is 1. The molecule has 1 aliphatic carbocycles. The second-order valence-corrected chi connectivity index (χ2v) is 7.93. The van der Waals surface area contributed by atoms with Gasteiger partial charge in [-0.2, -0.15) is 14.5 Å². The lowest BCUT2D eigenvalue weighted by Gasteiger charge is -2.10. The highest BCUT2D eigenvalue weighted by Crippen LogP contribution is 2.31. The molecular weight excluding hydrogens is 410 g/mol. The fourth-order valence-electron chi connectivity index (χ4n) is 3.10. The second kappa shape index (κ2) is 7.13. The first kappa shape index (κ1) is 18.6.